The first kappa shape index (κ1) is 13.6. The molecule has 1 fully saturated rings. The van der Waals surface area contributed by atoms with Gasteiger partial charge in [0.1, 0.15) is 22.6 Å². The summed E-state index contributed by atoms with van der Waals surface area (Å²) in [5, 5.41) is 0. The van der Waals surface area contributed by atoms with Gasteiger partial charge in [-0.25, -0.2) is 12.8 Å². The van der Waals surface area contributed by atoms with Gasteiger partial charge < -0.3 is 9.47 Å². The highest BCUT2D eigenvalue weighted by Crippen LogP contribution is 2.29. The van der Waals surface area contributed by atoms with E-state index in [2.05, 4.69) is 0 Å². The first-order chi connectivity index (χ1) is 8.47. The molecule has 0 saturated carbocycles. The molecule has 0 bridgehead atoms. The summed E-state index contributed by atoms with van der Waals surface area (Å²) in [6.45, 7) is 1.06. The third kappa shape index (κ3) is 3.34. The number of benzene rings is 1. The van der Waals surface area contributed by atoms with Crippen LogP contribution in [0, 0.1) is 5.82 Å². The van der Waals surface area contributed by atoms with E-state index in [0.717, 1.165) is 25.0 Å². The molecule has 1 aliphatic rings. The van der Waals surface area contributed by atoms with E-state index in [-0.39, 0.29) is 16.7 Å². The Hall–Kier alpha value is -0.850. The Morgan fingerprint density at radius 1 is 1.44 bits per heavy atom. The molecule has 1 saturated heterocycles. The lowest BCUT2D eigenvalue weighted by atomic mass is 10.2. The number of halogens is 2. The molecule has 0 aromatic heterocycles. The Labute approximate surface area is 109 Å². The Bertz CT molecular complexity index is 526. The zero-order valence-electron chi connectivity index (χ0n) is 9.43. The van der Waals surface area contributed by atoms with Crippen molar-refractivity contribution in [3.8, 4) is 5.75 Å². The molecule has 1 aliphatic heterocycles. The van der Waals surface area contributed by atoms with Gasteiger partial charge >= 0.3 is 0 Å². The van der Waals surface area contributed by atoms with Crippen molar-refractivity contribution in [3.63, 3.8) is 0 Å². The van der Waals surface area contributed by atoms with Crippen LogP contribution in [0.15, 0.2) is 23.1 Å². The quantitative estimate of drug-likeness (QED) is 0.803. The Balaban J connectivity index is 2.26. The van der Waals surface area contributed by atoms with Crippen LogP contribution in [-0.2, 0) is 13.8 Å². The predicted molar refractivity (Wildman–Crippen MR) is 63.9 cm³/mol. The molecule has 100 valence electrons. The van der Waals surface area contributed by atoms with E-state index in [9.17, 15) is 12.8 Å². The van der Waals surface area contributed by atoms with Gasteiger partial charge in [0.05, 0.1) is 6.61 Å². The van der Waals surface area contributed by atoms with Gasteiger partial charge in [-0.2, -0.15) is 0 Å². The highest BCUT2D eigenvalue weighted by molar-refractivity contribution is 8.13. The first-order valence-corrected chi connectivity index (χ1v) is 7.76. The fourth-order valence-electron chi connectivity index (χ4n) is 1.75. The second kappa shape index (κ2) is 5.42. The molecule has 1 atom stereocenters. The molecule has 1 aromatic rings. The first-order valence-electron chi connectivity index (χ1n) is 5.45. The summed E-state index contributed by atoms with van der Waals surface area (Å²) in [5.74, 6) is -0.622. The van der Waals surface area contributed by atoms with Crippen LogP contribution in [0.4, 0.5) is 4.39 Å². The molecular formula is C11H12ClFO4S. The zero-order valence-corrected chi connectivity index (χ0v) is 11.0. The molecule has 2 rings (SSSR count). The second-order valence-corrected chi connectivity index (χ2v) is 6.52. The summed E-state index contributed by atoms with van der Waals surface area (Å²) in [4.78, 5) is -0.352. The van der Waals surface area contributed by atoms with E-state index in [1.165, 1.54) is 6.07 Å². The molecule has 4 nitrogen and oxygen atoms in total. The molecule has 1 heterocycles. The third-order valence-electron chi connectivity index (χ3n) is 2.58. The standard InChI is InChI=1S/C11H12ClFO4S/c12-18(14,15)11-6-8(13)3-4-10(11)17-9-2-1-5-16-7-9/h3-4,6,9H,1-2,5,7H2. The van der Waals surface area contributed by atoms with Crippen molar-refractivity contribution in [2.75, 3.05) is 13.2 Å². The van der Waals surface area contributed by atoms with Crippen LogP contribution in [0.25, 0.3) is 0 Å². The normalized spacial score (nSPS) is 20.7. The van der Waals surface area contributed by atoms with Crippen LogP contribution < -0.4 is 4.74 Å². The predicted octanol–water partition coefficient (Wildman–Crippen LogP) is 2.31. The number of hydrogen-bond donors (Lipinski definition) is 0. The molecule has 1 unspecified atom stereocenters. The summed E-state index contributed by atoms with van der Waals surface area (Å²) in [6.07, 6.45) is 1.37. The summed E-state index contributed by atoms with van der Waals surface area (Å²) < 4.78 is 46.5. The van der Waals surface area contributed by atoms with E-state index in [1.807, 2.05) is 0 Å². The number of ether oxygens (including phenoxy) is 2. The maximum Gasteiger partial charge on any atom is 0.265 e. The van der Waals surface area contributed by atoms with Crippen molar-refractivity contribution >= 4 is 19.7 Å². The van der Waals surface area contributed by atoms with Crippen LogP contribution in [0.3, 0.4) is 0 Å². The average molecular weight is 295 g/mol. The van der Waals surface area contributed by atoms with Crippen LogP contribution in [0.2, 0.25) is 0 Å². The van der Waals surface area contributed by atoms with E-state index in [4.69, 9.17) is 20.2 Å². The van der Waals surface area contributed by atoms with Gasteiger partial charge in [-0.15, -0.1) is 0 Å². The molecule has 18 heavy (non-hydrogen) atoms. The maximum absolute atomic E-state index is 13.1. The van der Waals surface area contributed by atoms with E-state index < -0.39 is 14.9 Å². The van der Waals surface area contributed by atoms with Gasteiger partial charge in [0.2, 0.25) is 0 Å². The van der Waals surface area contributed by atoms with Crippen LogP contribution >= 0.6 is 10.7 Å². The minimum absolute atomic E-state index is 0.0573. The Morgan fingerprint density at radius 2 is 2.22 bits per heavy atom. The SMILES string of the molecule is O=S(=O)(Cl)c1cc(F)ccc1OC1CCCOC1. The lowest BCUT2D eigenvalue weighted by Crippen LogP contribution is -2.28. The zero-order chi connectivity index (χ0) is 13.2. The van der Waals surface area contributed by atoms with E-state index in [1.54, 1.807) is 0 Å². The largest absolute Gasteiger partial charge is 0.487 e. The lowest BCUT2D eigenvalue weighted by Gasteiger charge is -2.24. The van der Waals surface area contributed by atoms with Crippen molar-refractivity contribution < 1.29 is 22.3 Å². The molecule has 0 N–H and O–H groups in total. The monoisotopic (exact) mass is 294 g/mol. The summed E-state index contributed by atoms with van der Waals surface area (Å²) in [7, 11) is 1.21. The smallest absolute Gasteiger partial charge is 0.265 e. The van der Waals surface area contributed by atoms with Crippen molar-refractivity contribution in [1.82, 2.24) is 0 Å². The highest BCUT2D eigenvalue weighted by Gasteiger charge is 2.22. The van der Waals surface area contributed by atoms with Crippen molar-refractivity contribution in [2.24, 2.45) is 0 Å². The van der Waals surface area contributed by atoms with Crippen molar-refractivity contribution in [3.05, 3.63) is 24.0 Å². The van der Waals surface area contributed by atoms with Crippen LogP contribution in [0.5, 0.6) is 5.75 Å². The van der Waals surface area contributed by atoms with Crippen molar-refractivity contribution in [1.29, 1.82) is 0 Å². The minimum atomic E-state index is -4.04. The van der Waals surface area contributed by atoms with Gasteiger partial charge in [0.25, 0.3) is 9.05 Å². The Morgan fingerprint density at radius 3 is 2.83 bits per heavy atom. The van der Waals surface area contributed by atoms with Crippen LogP contribution in [0.1, 0.15) is 12.8 Å². The Kier molecular flexibility index (Phi) is 4.09. The second-order valence-electron chi connectivity index (χ2n) is 3.99. The molecule has 0 amide bonds. The van der Waals surface area contributed by atoms with Gasteiger partial charge in [-0.3, -0.25) is 0 Å². The topological polar surface area (TPSA) is 52.6 Å². The average Bonchev–Trinajstić information content (AvgIpc) is 2.31. The van der Waals surface area contributed by atoms with Gasteiger partial charge in [0.15, 0.2) is 0 Å². The van der Waals surface area contributed by atoms with Gasteiger partial charge in [-0.1, -0.05) is 0 Å². The molecule has 0 spiro atoms. The number of rotatable bonds is 3. The molecular weight excluding hydrogens is 283 g/mol. The van der Waals surface area contributed by atoms with Crippen LogP contribution in [-0.4, -0.2) is 27.7 Å². The fraction of sp³-hybridized carbons (Fsp3) is 0.455. The molecule has 7 heteroatoms. The van der Waals surface area contributed by atoms with Crippen molar-refractivity contribution in [2.45, 2.75) is 23.8 Å². The molecule has 0 radical (unpaired) electrons. The summed E-state index contributed by atoms with van der Waals surface area (Å²) in [5.41, 5.74) is 0. The fourth-order valence-corrected chi connectivity index (χ4v) is 2.73. The minimum Gasteiger partial charge on any atom is -0.487 e. The van der Waals surface area contributed by atoms with E-state index in [0.29, 0.717) is 13.2 Å². The molecule has 0 aliphatic carbocycles. The third-order valence-corrected chi connectivity index (χ3v) is 3.92. The number of hydrogen-bond acceptors (Lipinski definition) is 4. The van der Waals surface area contributed by atoms with Gasteiger partial charge in [0, 0.05) is 17.3 Å². The lowest BCUT2D eigenvalue weighted by molar-refractivity contribution is 0.00618. The van der Waals surface area contributed by atoms with Gasteiger partial charge in [-0.05, 0) is 31.0 Å². The maximum atomic E-state index is 13.1. The molecule has 1 aromatic carbocycles. The van der Waals surface area contributed by atoms with E-state index >= 15 is 0 Å². The summed E-state index contributed by atoms with van der Waals surface area (Å²) in [6, 6.07) is 3.24. The summed E-state index contributed by atoms with van der Waals surface area (Å²) >= 11 is 0. The highest BCUT2D eigenvalue weighted by atomic mass is 35.7.